The average molecular weight is 502 g/mol. The first-order valence-electron chi connectivity index (χ1n) is 9.71. The van der Waals surface area contributed by atoms with Crippen LogP contribution in [0.4, 0.5) is 0 Å². The van der Waals surface area contributed by atoms with E-state index in [0.717, 1.165) is 19.0 Å². The zero-order valence-electron chi connectivity index (χ0n) is 18.0. The van der Waals surface area contributed by atoms with Crippen molar-refractivity contribution in [1.82, 2.24) is 15.5 Å². The van der Waals surface area contributed by atoms with Gasteiger partial charge in [-0.1, -0.05) is 23.8 Å². The summed E-state index contributed by atoms with van der Waals surface area (Å²) in [5, 5.41) is 6.27. The smallest absolute Gasteiger partial charge is 0.227 e. The number of nitrogens with one attached hydrogen (secondary N) is 2. The minimum atomic E-state index is -0.509. The molecule has 2 rings (SSSR count). The molecule has 28 heavy (non-hydrogen) atoms. The van der Waals surface area contributed by atoms with Gasteiger partial charge in [-0.15, -0.1) is 24.0 Å². The van der Waals surface area contributed by atoms with Crippen LogP contribution in [-0.4, -0.2) is 56.6 Å². The average Bonchev–Trinajstić information content (AvgIpc) is 2.62. The van der Waals surface area contributed by atoms with Crippen LogP contribution in [0.3, 0.4) is 0 Å². The van der Waals surface area contributed by atoms with Gasteiger partial charge in [0.15, 0.2) is 5.96 Å². The Morgan fingerprint density at radius 1 is 1.32 bits per heavy atom. The lowest BCUT2D eigenvalue weighted by molar-refractivity contribution is -0.128. The maximum Gasteiger partial charge on any atom is 0.227 e. The zero-order chi connectivity index (χ0) is 20.0. The van der Waals surface area contributed by atoms with Gasteiger partial charge in [-0.05, 0) is 45.7 Å². The molecule has 1 aromatic rings. The van der Waals surface area contributed by atoms with Gasteiger partial charge in [-0.25, -0.2) is 0 Å². The summed E-state index contributed by atoms with van der Waals surface area (Å²) < 4.78 is 6.04. The highest BCUT2D eigenvalue weighted by molar-refractivity contribution is 14.0. The normalized spacial score (nSPS) is 17.7. The Labute approximate surface area is 186 Å². The van der Waals surface area contributed by atoms with Crippen LogP contribution < -0.4 is 10.6 Å². The summed E-state index contributed by atoms with van der Waals surface area (Å²) in [5.74, 6) is 0.855. The number of aryl methyl sites for hydroxylation is 2. The number of carbonyl (C=O) groups excluding carboxylic acids is 1. The van der Waals surface area contributed by atoms with Crippen molar-refractivity contribution in [3.8, 4) is 0 Å². The number of rotatable bonds is 5. The monoisotopic (exact) mass is 502 g/mol. The number of carbonyl (C=O) groups is 1. The molecule has 1 unspecified atom stereocenters. The number of aliphatic imine (C=N–C) groups is 1. The predicted octanol–water partition coefficient (Wildman–Crippen LogP) is 3.03. The minimum Gasteiger partial charge on any atom is -0.370 e. The van der Waals surface area contributed by atoms with E-state index in [1.807, 2.05) is 20.8 Å². The number of hydrogen-bond donors (Lipinski definition) is 2. The quantitative estimate of drug-likeness (QED) is 0.369. The molecule has 0 radical (unpaired) electrons. The van der Waals surface area contributed by atoms with E-state index < -0.39 is 5.41 Å². The molecule has 1 aliphatic heterocycles. The Kier molecular flexibility index (Phi) is 9.69. The van der Waals surface area contributed by atoms with Crippen molar-refractivity contribution in [2.75, 3.05) is 39.8 Å². The van der Waals surface area contributed by atoms with Gasteiger partial charge in [-0.3, -0.25) is 9.79 Å². The molecule has 1 amide bonds. The lowest BCUT2D eigenvalue weighted by Crippen LogP contribution is -2.52. The first-order valence-corrected chi connectivity index (χ1v) is 9.71. The molecule has 0 aliphatic carbocycles. The highest BCUT2D eigenvalue weighted by Gasteiger charge is 2.29. The lowest BCUT2D eigenvalue weighted by atomic mass is 9.92. The highest BCUT2D eigenvalue weighted by atomic mass is 127. The van der Waals surface area contributed by atoms with Gasteiger partial charge < -0.3 is 20.3 Å². The minimum absolute atomic E-state index is 0. The predicted molar refractivity (Wildman–Crippen MR) is 125 cm³/mol. The van der Waals surface area contributed by atoms with Crippen LogP contribution >= 0.6 is 24.0 Å². The topological polar surface area (TPSA) is 66.0 Å². The number of amides is 1. The van der Waals surface area contributed by atoms with E-state index in [4.69, 9.17) is 4.74 Å². The van der Waals surface area contributed by atoms with Gasteiger partial charge in [0, 0.05) is 26.7 Å². The standard InChI is InChI=1S/C21H34N4O2.HI/c1-7-23-19(26)21(4,5)14-24-20(22-6)25-10-11-27-18(13-25)17-9-8-15(2)12-16(17)3;/h8-9,12,18H,7,10-11,13-14H2,1-6H3,(H,22,24)(H,23,26);1H. The summed E-state index contributed by atoms with van der Waals surface area (Å²) in [7, 11) is 1.78. The van der Waals surface area contributed by atoms with Crippen LogP contribution in [0.1, 0.15) is 43.6 Å². The molecule has 0 bridgehead atoms. The van der Waals surface area contributed by atoms with Gasteiger partial charge in [0.2, 0.25) is 5.91 Å². The molecule has 1 aliphatic rings. The third kappa shape index (κ3) is 6.34. The van der Waals surface area contributed by atoms with Crippen LogP contribution in [0.15, 0.2) is 23.2 Å². The second-order valence-electron chi connectivity index (χ2n) is 7.81. The molecule has 1 aromatic carbocycles. The Balaban J connectivity index is 0.00000392. The van der Waals surface area contributed by atoms with Crippen LogP contribution in [-0.2, 0) is 9.53 Å². The van der Waals surface area contributed by atoms with E-state index >= 15 is 0 Å². The van der Waals surface area contributed by atoms with Crippen LogP contribution in [0.25, 0.3) is 0 Å². The van der Waals surface area contributed by atoms with Crippen LogP contribution in [0.2, 0.25) is 0 Å². The van der Waals surface area contributed by atoms with Gasteiger partial charge in [-0.2, -0.15) is 0 Å². The molecule has 0 spiro atoms. The summed E-state index contributed by atoms with van der Waals surface area (Å²) in [4.78, 5) is 18.9. The van der Waals surface area contributed by atoms with E-state index in [-0.39, 0.29) is 36.0 Å². The maximum absolute atomic E-state index is 12.2. The molecule has 1 saturated heterocycles. The lowest BCUT2D eigenvalue weighted by Gasteiger charge is -2.36. The molecule has 158 valence electrons. The fourth-order valence-electron chi connectivity index (χ4n) is 3.33. The van der Waals surface area contributed by atoms with Gasteiger partial charge in [0.1, 0.15) is 6.10 Å². The van der Waals surface area contributed by atoms with E-state index in [0.29, 0.717) is 19.7 Å². The van der Waals surface area contributed by atoms with Crippen LogP contribution in [0.5, 0.6) is 0 Å². The zero-order valence-corrected chi connectivity index (χ0v) is 20.3. The van der Waals surface area contributed by atoms with Crippen molar-refractivity contribution < 1.29 is 9.53 Å². The van der Waals surface area contributed by atoms with Gasteiger partial charge >= 0.3 is 0 Å². The first-order chi connectivity index (χ1) is 12.8. The molecule has 2 N–H and O–H groups in total. The van der Waals surface area contributed by atoms with Gasteiger partial charge in [0.05, 0.1) is 18.6 Å². The van der Waals surface area contributed by atoms with E-state index in [1.54, 1.807) is 7.05 Å². The Morgan fingerprint density at radius 3 is 2.64 bits per heavy atom. The van der Waals surface area contributed by atoms with Crippen LogP contribution in [0, 0.1) is 19.3 Å². The SMILES string of the molecule is CCNC(=O)C(C)(C)CNC(=NC)N1CCOC(c2ccc(C)cc2C)C1.I. The van der Waals surface area contributed by atoms with Crippen molar-refractivity contribution in [1.29, 1.82) is 0 Å². The second-order valence-corrected chi connectivity index (χ2v) is 7.81. The fourth-order valence-corrected chi connectivity index (χ4v) is 3.33. The van der Waals surface area contributed by atoms with Crippen molar-refractivity contribution in [2.45, 2.75) is 40.7 Å². The fraction of sp³-hybridized carbons (Fsp3) is 0.619. The molecule has 1 atom stereocenters. The van der Waals surface area contributed by atoms with E-state index in [1.165, 1.54) is 16.7 Å². The molecule has 7 heteroatoms. The maximum atomic E-state index is 12.2. The Morgan fingerprint density at radius 2 is 2.04 bits per heavy atom. The Hall–Kier alpha value is -1.35. The van der Waals surface area contributed by atoms with Crippen molar-refractivity contribution in [3.05, 3.63) is 34.9 Å². The summed E-state index contributed by atoms with van der Waals surface area (Å²) in [6.07, 6.45) is 0.0225. The first kappa shape index (κ1) is 24.7. The summed E-state index contributed by atoms with van der Waals surface area (Å²) in [6.45, 7) is 13.4. The molecule has 0 aromatic heterocycles. The Bertz CT molecular complexity index is 691. The molecule has 1 fully saturated rings. The number of ether oxygens (including phenoxy) is 1. The summed E-state index contributed by atoms with van der Waals surface area (Å²) in [6, 6.07) is 6.49. The molecule has 6 nitrogen and oxygen atoms in total. The number of halogens is 1. The number of morpholine rings is 1. The molecule has 0 saturated carbocycles. The third-order valence-electron chi connectivity index (χ3n) is 4.99. The number of guanidine groups is 1. The molecular formula is C21H35IN4O2. The highest BCUT2D eigenvalue weighted by Crippen LogP contribution is 2.26. The largest absolute Gasteiger partial charge is 0.370 e. The molecule has 1 heterocycles. The van der Waals surface area contributed by atoms with Gasteiger partial charge in [0.25, 0.3) is 0 Å². The van der Waals surface area contributed by atoms with E-state index in [9.17, 15) is 4.79 Å². The van der Waals surface area contributed by atoms with Crippen molar-refractivity contribution >= 4 is 35.8 Å². The number of hydrogen-bond acceptors (Lipinski definition) is 3. The third-order valence-corrected chi connectivity index (χ3v) is 4.99. The van der Waals surface area contributed by atoms with E-state index in [2.05, 4.69) is 52.6 Å². The number of benzene rings is 1. The second kappa shape index (κ2) is 11.0. The van der Waals surface area contributed by atoms with Crippen molar-refractivity contribution in [3.63, 3.8) is 0 Å². The number of nitrogens with zero attached hydrogens (tertiary/aromatic N) is 2. The summed E-state index contributed by atoms with van der Waals surface area (Å²) >= 11 is 0. The van der Waals surface area contributed by atoms with Crippen molar-refractivity contribution in [2.24, 2.45) is 10.4 Å². The molecular weight excluding hydrogens is 467 g/mol. The summed E-state index contributed by atoms with van der Waals surface area (Å²) in [5.41, 5.74) is 3.23.